The van der Waals surface area contributed by atoms with Gasteiger partial charge in [0, 0.05) is 25.5 Å². The van der Waals surface area contributed by atoms with Crippen LogP contribution in [0.15, 0.2) is 22.9 Å². The number of nitrogens with two attached hydrogens (primary N) is 1. The molecule has 3 heterocycles. The van der Waals surface area contributed by atoms with Crippen LogP contribution in [0.5, 0.6) is 0 Å². The highest BCUT2D eigenvalue weighted by Gasteiger charge is 2.18. The first-order valence-electron chi connectivity index (χ1n) is 6.27. The van der Waals surface area contributed by atoms with E-state index >= 15 is 0 Å². The Morgan fingerprint density at radius 3 is 3.11 bits per heavy atom. The molecule has 0 aromatic carbocycles. The predicted octanol–water partition coefficient (Wildman–Crippen LogP) is 1.26. The van der Waals surface area contributed by atoms with Crippen LogP contribution < -0.4 is 5.73 Å². The zero-order valence-electron chi connectivity index (χ0n) is 10.6. The van der Waals surface area contributed by atoms with Gasteiger partial charge in [-0.05, 0) is 18.6 Å². The maximum Gasteiger partial charge on any atom is 0.122 e. The third-order valence-electron chi connectivity index (χ3n) is 3.46. The van der Waals surface area contributed by atoms with Crippen LogP contribution in [0.1, 0.15) is 22.9 Å². The molecule has 18 heavy (non-hydrogen) atoms. The van der Waals surface area contributed by atoms with Gasteiger partial charge in [0.15, 0.2) is 0 Å². The second-order valence-electron chi connectivity index (χ2n) is 4.77. The number of aryl methyl sites for hydroxylation is 1. The zero-order valence-corrected chi connectivity index (χ0v) is 10.6. The van der Waals surface area contributed by atoms with E-state index in [9.17, 15) is 0 Å². The lowest BCUT2D eigenvalue weighted by atomic mass is 10.2. The molecule has 96 valence electrons. The number of fused-ring (bicyclic) bond motifs is 1. The molecule has 0 atom stereocenters. The molecule has 5 nitrogen and oxygen atoms in total. The van der Waals surface area contributed by atoms with E-state index in [1.54, 1.807) is 0 Å². The summed E-state index contributed by atoms with van der Waals surface area (Å²) in [6.07, 6.45) is 3.90. The third kappa shape index (κ3) is 2.07. The van der Waals surface area contributed by atoms with Crippen molar-refractivity contribution in [2.24, 2.45) is 5.73 Å². The SMILES string of the molecule is Cc1cc(CN2CCn3ccnc3C2)oc1CN. The van der Waals surface area contributed by atoms with Crippen LogP contribution in [0.25, 0.3) is 0 Å². The minimum absolute atomic E-state index is 0.468. The van der Waals surface area contributed by atoms with E-state index in [2.05, 4.69) is 20.5 Å². The van der Waals surface area contributed by atoms with E-state index in [1.165, 1.54) is 0 Å². The fourth-order valence-electron chi connectivity index (χ4n) is 2.45. The Morgan fingerprint density at radius 2 is 2.33 bits per heavy atom. The van der Waals surface area contributed by atoms with Gasteiger partial charge in [0.1, 0.15) is 17.3 Å². The minimum atomic E-state index is 0.468. The summed E-state index contributed by atoms with van der Waals surface area (Å²) in [4.78, 5) is 6.71. The normalized spacial score (nSPS) is 15.9. The molecule has 2 aromatic rings. The first kappa shape index (κ1) is 11.5. The van der Waals surface area contributed by atoms with Gasteiger partial charge in [-0.1, -0.05) is 0 Å². The molecule has 2 aromatic heterocycles. The first-order valence-corrected chi connectivity index (χ1v) is 6.27. The van der Waals surface area contributed by atoms with Crippen LogP contribution in [0, 0.1) is 6.92 Å². The molecule has 0 amide bonds. The molecule has 0 fully saturated rings. The molecule has 0 radical (unpaired) electrons. The predicted molar refractivity (Wildman–Crippen MR) is 67.7 cm³/mol. The van der Waals surface area contributed by atoms with Crippen molar-refractivity contribution in [3.63, 3.8) is 0 Å². The highest BCUT2D eigenvalue weighted by molar-refractivity contribution is 5.19. The Bertz CT molecular complexity index is 543. The molecule has 0 aliphatic carbocycles. The lowest BCUT2D eigenvalue weighted by Gasteiger charge is -2.26. The lowest BCUT2D eigenvalue weighted by molar-refractivity contribution is 0.192. The van der Waals surface area contributed by atoms with E-state index in [4.69, 9.17) is 10.2 Å². The largest absolute Gasteiger partial charge is 0.463 e. The minimum Gasteiger partial charge on any atom is -0.463 e. The number of hydrogen-bond acceptors (Lipinski definition) is 4. The Kier molecular flexibility index (Phi) is 2.93. The Balaban J connectivity index is 1.70. The van der Waals surface area contributed by atoms with Crippen molar-refractivity contribution in [3.8, 4) is 0 Å². The molecule has 0 spiro atoms. The smallest absolute Gasteiger partial charge is 0.122 e. The van der Waals surface area contributed by atoms with Crippen LogP contribution >= 0.6 is 0 Å². The number of imidazole rings is 1. The molecule has 0 saturated heterocycles. The van der Waals surface area contributed by atoms with E-state index in [-0.39, 0.29) is 0 Å². The molecule has 0 bridgehead atoms. The Hall–Kier alpha value is -1.59. The summed E-state index contributed by atoms with van der Waals surface area (Å²) in [5, 5.41) is 0. The van der Waals surface area contributed by atoms with Gasteiger partial charge in [0.05, 0.1) is 19.6 Å². The standard InChI is InChI=1S/C13H18N4O/c1-10-6-11(18-12(10)7-14)8-16-4-5-17-3-2-15-13(17)9-16/h2-3,6H,4-5,7-9,14H2,1H3. The van der Waals surface area contributed by atoms with Crippen molar-refractivity contribution in [1.82, 2.24) is 14.5 Å². The van der Waals surface area contributed by atoms with Gasteiger partial charge >= 0.3 is 0 Å². The summed E-state index contributed by atoms with van der Waals surface area (Å²) in [7, 11) is 0. The summed E-state index contributed by atoms with van der Waals surface area (Å²) in [5.41, 5.74) is 6.77. The first-order chi connectivity index (χ1) is 8.76. The lowest BCUT2D eigenvalue weighted by Crippen LogP contribution is -2.33. The van der Waals surface area contributed by atoms with Gasteiger partial charge in [-0.25, -0.2) is 4.98 Å². The quantitative estimate of drug-likeness (QED) is 0.885. The average Bonchev–Trinajstić information content (AvgIpc) is 2.95. The van der Waals surface area contributed by atoms with Crippen molar-refractivity contribution in [3.05, 3.63) is 41.4 Å². The fraction of sp³-hybridized carbons (Fsp3) is 0.462. The molecular weight excluding hydrogens is 228 g/mol. The summed E-state index contributed by atoms with van der Waals surface area (Å²) in [6, 6.07) is 2.09. The molecule has 1 aliphatic rings. The molecule has 5 heteroatoms. The average molecular weight is 246 g/mol. The second-order valence-corrected chi connectivity index (χ2v) is 4.77. The summed E-state index contributed by atoms with van der Waals surface area (Å²) >= 11 is 0. The van der Waals surface area contributed by atoms with Crippen molar-refractivity contribution in [1.29, 1.82) is 0 Å². The van der Waals surface area contributed by atoms with Crippen molar-refractivity contribution in [2.45, 2.75) is 33.1 Å². The molecule has 3 rings (SSSR count). The van der Waals surface area contributed by atoms with E-state index in [0.717, 1.165) is 49.1 Å². The zero-order chi connectivity index (χ0) is 12.5. The van der Waals surface area contributed by atoms with Gasteiger partial charge in [0.25, 0.3) is 0 Å². The number of aromatic nitrogens is 2. The highest BCUT2D eigenvalue weighted by atomic mass is 16.3. The Morgan fingerprint density at radius 1 is 1.44 bits per heavy atom. The Labute approximate surface area is 106 Å². The maximum atomic E-state index is 5.74. The number of rotatable bonds is 3. The molecule has 0 unspecified atom stereocenters. The van der Waals surface area contributed by atoms with Crippen LogP contribution in [0.3, 0.4) is 0 Å². The van der Waals surface area contributed by atoms with Gasteiger partial charge in [-0.2, -0.15) is 0 Å². The number of nitrogens with zero attached hydrogens (tertiary/aromatic N) is 3. The van der Waals surface area contributed by atoms with Crippen molar-refractivity contribution >= 4 is 0 Å². The van der Waals surface area contributed by atoms with E-state index in [0.29, 0.717) is 6.54 Å². The fourth-order valence-corrected chi connectivity index (χ4v) is 2.45. The van der Waals surface area contributed by atoms with Gasteiger partial charge in [-0.15, -0.1) is 0 Å². The van der Waals surface area contributed by atoms with E-state index < -0.39 is 0 Å². The molecule has 2 N–H and O–H groups in total. The number of hydrogen-bond donors (Lipinski definition) is 1. The maximum absolute atomic E-state index is 5.74. The topological polar surface area (TPSA) is 60.2 Å². The molecule has 0 saturated carbocycles. The number of furan rings is 1. The summed E-state index contributed by atoms with van der Waals surface area (Å²) in [6.45, 7) is 6.24. The molecular formula is C13H18N4O. The van der Waals surface area contributed by atoms with Crippen molar-refractivity contribution in [2.75, 3.05) is 6.54 Å². The molecule has 1 aliphatic heterocycles. The van der Waals surface area contributed by atoms with Crippen LogP contribution in [0.2, 0.25) is 0 Å². The van der Waals surface area contributed by atoms with Gasteiger partial charge in [-0.3, -0.25) is 4.90 Å². The van der Waals surface area contributed by atoms with Gasteiger partial charge in [0.2, 0.25) is 0 Å². The van der Waals surface area contributed by atoms with Crippen LogP contribution in [0.4, 0.5) is 0 Å². The third-order valence-corrected chi connectivity index (χ3v) is 3.46. The van der Waals surface area contributed by atoms with Gasteiger partial charge < -0.3 is 14.7 Å². The van der Waals surface area contributed by atoms with E-state index in [1.807, 2.05) is 19.3 Å². The summed E-state index contributed by atoms with van der Waals surface area (Å²) < 4.78 is 7.95. The monoisotopic (exact) mass is 246 g/mol. The van der Waals surface area contributed by atoms with Crippen LogP contribution in [-0.2, 0) is 26.2 Å². The highest BCUT2D eigenvalue weighted by Crippen LogP contribution is 2.18. The second kappa shape index (κ2) is 4.59. The summed E-state index contributed by atoms with van der Waals surface area (Å²) in [5.74, 6) is 3.01. The van der Waals surface area contributed by atoms with Crippen LogP contribution in [-0.4, -0.2) is 21.0 Å². The van der Waals surface area contributed by atoms with Crippen molar-refractivity contribution < 1.29 is 4.42 Å².